The zero-order chi connectivity index (χ0) is 14.9. The van der Waals surface area contributed by atoms with E-state index in [1.807, 2.05) is 22.9 Å². The highest BCUT2D eigenvalue weighted by Gasteiger charge is 2.22. The second-order valence-electron chi connectivity index (χ2n) is 5.50. The molecule has 0 atom stereocenters. The third-order valence-electron chi connectivity index (χ3n) is 4.02. The Kier molecular flexibility index (Phi) is 3.15. The lowest BCUT2D eigenvalue weighted by atomic mass is 10.1. The molecule has 0 fully saturated rings. The van der Waals surface area contributed by atoms with Gasteiger partial charge in [-0.2, -0.15) is 5.10 Å². The number of hydrogen-bond acceptors (Lipinski definition) is 2. The van der Waals surface area contributed by atoms with Gasteiger partial charge in [0.2, 0.25) is 0 Å². The number of nitrogens with zero attached hydrogens (tertiary/aromatic N) is 2. The van der Waals surface area contributed by atoms with Crippen molar-refractivity contribution in [3.05, 3.63) is 77.2 Å². The summed E-state index contributed by atoms with van der Waals surface area (Å²) in [4.78, 5) is 0. The van der Waals surface area contributed by atoms with Crippen molar-refractivity contribution in [2.75, 3.05) is 11.9 Å². The van der Waals surface area contributed by atoms with E-state index in [0.29, 0.717) is 0 Å². The Labute approximate surface area is 128 Å². The Hall–Kier alpha value is -2.62. The van der Waals surface area contributed by atoms with Crippen LogP contribution in [0.15, 0.2) is 54.6 Å². The SMILES string of the molecule is Fc1ccc(-n2nc(Cc3ccccc3)c3c2NCC3)cc1. The number of aromatic nitrogens is 2. The van der Waals surface area contributed by atoms with Crippen molar-refractivity contribution in [1.82, 2.24) is 9.78 Å². The molecule has 0 amide bonds. The van der Waals surface area contributed by atoms with Crippen LogP contribution >= 0.6 is 0 Å². The predicted octanol–water partition coefficient (Wildman–Crippen LogP) is 3.57. The molecule has 1 N–H and O–H groups in total. The van der Waals surface area contributed by atoms with Crippen molar-refractivity contribution in [1.29, 1.82) is 0 Å². The average molecular weight is 293 g/mol. The van der Waals surface area contributed by atoms with Gasteiger partial charge in [0.25, 0.3) is 0 Å². The van der Waals surface area contributed by atoms with Crippen LogP contribution in [0.5, 0.6) is 0 Å². The summed E-state index contributed by atoms with van der Waals surface area (Å²) >= 11 is 0. The number of nitrogens with one attached hydrogen (secondary N) is 1. The van der Waals surface area contributed by atoms with E-state index in [4.69, 9.17) is 5.10 Å². The van der Waals surface area contributed by atoms with Crippen molar-refractivity contribution in [2.45, 2.75) is 12.8 Å². The normalized spacial score (nSPS) is 13.0. The Morgan fingerprint density at radius 2 is 1.82 bits per heavy atom. The lowest BCUT2D eigenvalue weighted by Crippen LogP contribution is -2.05. The van der Waals surface area contributed by atoms with Gasteiger partial charge in [-0.3, -0.25) is 0 Å². The molecule has 0 saturated carbocycles. The quantitative estimate of drug-likeness (QED) is 0.800. The van der Waals surface area contributed by atoms with Gasteiger partial charge in [-0.1, -0.05) is 30.3 Å². The van der Waals surface area contributed by atoms with Crippen LogP contribution in [0.2, 0.25) is 0 Å². The molecule has 4 heteroatoms. The molecular weight excluding hydrogens is 277 g/mol. The first-order valence-corrected chi connectivity index (χ1v) is 7.46. The van der Waals surface area contributed by atoms with Gasteiger partial charge >= 0.3 is 0 Å². The number of rotatable bonds is 3. The lowest BCUT2D eigenvalue weighted by molar-refractivity contribution is 0.627. The zero-order valence-corrected chi connectivity index (χ0v) is 12.1. The van der Waals surface area contributed by atoms with E-state index in [0.717, 1.165) is 36.6 Å². The van der Waals surface area contributed by atoms with E-state index in [2.05, 4.69) is 17.4 Å². The van der Waals surface area contributed by atoms with E-state index >= 15 is 0 Å². The molecule has 22 heavy (non-hydrogen) atoms. The molecule has 3 nitrogen and oxygen atoms in total. The summed E-state index contributed by atoms with van der Waals surface area (Å²) in [5, 5.41) is 8.15. The number of halogens is 1. The Morgan fingerprint density at radius 3 is 2.59 bits per heavy atom. The molecule has 0 bridgehead atoms. The third-order valence-corrected chi connectivity index (χ3v) is 4.02. The summed E-state index contributed by atoms with van der Waals surface area (Å²) in [6.07, 6.45) is 1.80. The van der Waals surface area contributed by atoms with Gasteiger partial charge in [0, 0.05) is 18.5 Å². The first-order valence-electron chi connectivity index (χ1n) is 7.46. The van der Waals surface area contributed by atoms with Crippen LogP contribution in [-0.2, 0) is 12.8 Å². The topological polar surface area (TPSA) is 29.9 Å². The van der Waals surface area contributed by atoms with Crippen molar-refractivity contribution in [2.24, 2.45) is 0 Å². The molecule has 3 aromatic rings. The van der Waals surface area contributed by atoms with Crippen LogP contribution in [-0.4, -0.2) is 16.3 Å². The zero-order valence-electron chi connectivity index (χ0n) is 12.1. The van der Waals surface area contributed by atoms with E-state index in [1.54, 1.807) is 12.1 Å². The van der Waals surface area contributed by atoms with E-state index in [9.17, 15) is 4.39 Å². The van der Waals surface area contributed by atoms with Gasteiger partial charge in [0.15, 0.2) is 0 Å². The first-order chi connectivity index (χ1) is 10.8. The highest BCUT2D eigenvalue weighted by Crippen LogP contribution is 2.29. The summed E-state index contributed by atoms with van der Waals surface area (Å²) in [6, 6.07) is 16.8. The van der Waals surface area contributed by atoms with Crippen molar-refractivity contribution >= 4 is 5.82 Å². The van der Waals surface area contributed by atoms with E-state index in [1.165, 1.54) is 23.3 Å². The van der Waals surface area contributed by atoms with E-state index in [-0.39, 0.29) is 5.82 Å². The van der Waals surface area contributed by atoms with Crippen molar-refractivity contribution in [3.63, 3.8) is 0 Å². The minimum absolute atomic E-state index is 0.231. The van der Waals surface area contributed by atoms with Crippen LogP contribution in [0, 0.1) is 5.82 Å². The monoisotopic (exact) mass is 293 g/mol. The molecule has 1 aliphatic heterocycles. The summed E-state index contributed by atoms with van der Waals surface area (Å²) < 4.78 is 15.0. The van der Waals surface area contributed by atoms with Crippen LogP contribution in [0.3, 0.4) is 0 Å². The fourth-order valence-electron chi connectivity index (χ4n) is 2.95. The third kappa shape index (κ3) is 2.26. The minimum Gasteiger partial charge on any atom is -0.369 e. The Bertz CT molecular complexity index is 791. The maximum Gasteiger partial charge on any atom is 0.133 e. The summed E-state index contributed by atoms with van der Waals surface area (Å²) in [5.74, 6) is 0.808. The summed E-state index contributed by atoms with van der Waals surface area (Å²) in [7, 11) is 0. The Morgan fingerprint density at radius 1 is 1.05 bits per heavy atom. The summed E-state index contributed by atoms with van der Waals surface area (Å²) in [5.41, 5.74) is 4.50. The number of fused-ring (bicyclic) bond motifs is 1. The molecule has 0 spiro atoms. The van der Waals surface area contributed by atoms with Gasteiger partial charge in [-0.25, -0.2) is 9.07 Å². The maximum absolute atomic E-state index is 13.1. The lowest BCUT2D eigenvalue weighted by Gasteiger charge is -2.06. The fourth-order valence-corrected chi connectivity index (χ4v) is 2.95. The molecule has 2 aromatic carbocycles. The van der Waals surface area contributed by atoms with Crippen LogP contribution < -0.4 is 5.32 Å². The van der Waals surface area contributed by atoms with Gasteiger partial charge in [0.1, 0.15) is 11.6 Å². The summed E-state index contributed by atoms with van der Waals surface area (Å²) in [6.45, 7) is 0.927. The first kappa shape index (κ1) is 13.1. The van der Waals surface area contributed by atoms with Gasteiger partial charge in [-0.05, 0) is 36.2 Å². The molecule has 2 heterocycles. The van der Waals surface area contributed by atoms with Crippen molar-refractivity contribution in [3.8, 4) is 5.69 Å². The molecule has 4 rings (SSSR count). The predicted molar refractivity (Wildman–Crippen MR) is 85.0 cm³/mol. The van der Waals surface area contributed by atoms with Gasteiger partial charge in [0.05, 0.1) is 11.4 Å². The molecule has 110 valence electrons. The van der Waals surface area contributed by atoms with Crippen LogP contribution in [0.1, 0.15) is 16.8 Å². The minimum atomic E-state index is -0.231. The fraction of sp³-hybridized carbons (Fsp3) is 0.167. The highest BCUT2D eigenvalue weighted by atomic mass is 19.1. The molecule has 1 aromatic heterocycles. The second-order valence-corrected chi connectivity index (χ2v) is 5.50. The maximum atomic E-state index is 13.1. The van der Waals surface area contributed by atoms with Gasteiger partial charge in [-0.15, -0.1) is 0 Å². The molecule has 0 saturated heterocycles. The average Bonchev–Trinajstić information content (AvgIpc) is 3.13. The van der Waals surface area contributed by atoms with Gasteiger partial charge < -0.3 is 5.32 Å². The Balaban J connectivity index is 1.75. The highest BCUT2D eigenvalue weighted by molar-refractivity contribution is 5.57. The van der Waals surface area contributed by atoms with E-state index < -0.39 is 0 Å². The smallest absolute Gasteiger partial charge is 0.133 e. The largest absolute Gasteiger partial charge is 0.369 e. The van der Waals surface area contributed by atoms with Crippen LogP contribution in [0.4, 0.5) is 10.2 Å². The molecule has 0 aliphatic carbocycles. The second kappa shape index (κ2) is 5.30. The molecule has 0 unspecified atom stereocenters. The number of hydrogen-bond donors (Lipinski definition) is 1. The standard InChI is InChI=1S/C18H16FN3/c19-14-6-8-15(9-7-14)22-18-16(10-11-20-18)17(21-22)12-13-4-2-1-3-5-13/h1-9,20H,10-12H2. The molecule has 1 aliphatic rings. The number of anilines is 1. The van der Waals surface area contributed by atoms with Crippen LogP contribution in [0.25, 0.3) is 5.69 Å². The molecule has 0 radical (unpaired) electrons. The number of benzene rings is 2. The van der Waals surface area contributed by atoms with Crippen molar-refractivity contribution < 1.29 is 4.39 Å². The molecular formula is C18H16FN3.